The minimum atomic E-state index is -0.487. The second-order valence-corrected chi connectivity index (χ2v) is 4.97. The molecule has 1 aromatic heterocycles. The molecule has 0 aliphatic carbocycles. The zero-order valence-corrected chi connectivity index (χ0v) is 12.4. The summed E-state index contributed by atoms with van der Waals surface area (Å²) >= 11 is 6.16. The average molecular weight is 300 g/mol. The summed E-state index contributed by atoms with van der Waals surface area (Å²) in [4.78, 5) is 0. The van der Waals surface area contributed by atoms with Crippen molar-refractivity contribution in [2.45, 2.75) is 33.9 Å². The fourth-order valence-corrected chi connectivity index (χ4v) is 2.20. The molecule has 3 nitrogen and oxygen atoms in total. The van der Waals surface area contributed by atoms with Gasteiger partial charge in [0, 0.05) is 12.6 Å². The van der Waals surface area contributed by atoms with Crippen molar-refractivity contribution in [2.75, 3.05) is 5.32 Å². The Balaban J connectivity index is 2.23. The molecule has 1 heterocycles. The van der Waals surface area contributed by atoms with E-state index < -0.39 is 11.6 Å². The summed E-state index contributed by atoms with van der Waals surface area (Å²) in [6.45, 7) is 6.22. The standard InChI is InChI=1S/C14H16ClF2N3/c1-4-20-13(14(15)9(3)19-20)7-18-12-6-10(16)8(2)5-11(12)17/h5-6,18H,4,7H2,1-3H3. The Morgan fingerprint density at radius 3 is 2.60 bits per heavy atom. The Hall–Kier alpha value is -1.62. The van der Waals surface area contributed by atoms with E-state index in [1.54, 1.807) is 4.68 Å². The molecule has 1 N–H and O–H groups in total. The first-order valence-electron chi connectivity index (χ1n) is 6.35. The van der Waals surface area contributed by atoms with E-state index in [1.807, 2.05) is 13.8 Å². The molecule has 2 aromatic rings. The van der Waals surface area contributed by atoms with Gasteiger partial charge in [-0.3, -0.25) is 4.68 Å². The summed E-state index contributed by atoms with van der Waals surface area (Å²) in [6.07, 6.45) is 0. The summed E-state index contributed by atoms with van der Waals surface area (Å²) in [5.74, 6) is -0.931. The highest BCUT2D eigenvalue weighted by Crippen LogP contribution is 2.23. The third-order valence-corrected chi connectivity index (χ3v) is 3.64. The molecule has 0 aliphatic heterocycles. The largest absolute Gasteiger partial charge is 0.377 e. The van der Waals surface area contributed by atoms with Crippen molar-refractivity contribution in [3.63, 3.8) is 0 Å². The van der Waals surface area contributed by atoms with Crippen LogP contribution in [-0.2, 0) is 13.1 Å². The van der Waals surface area contributed by atoms with Crippen LogP contribution in [0.15, 0.2) is 12.1 Å². The highest BCUT2D eigenvalue weighted by molar-refractivity contribution is 6.31. The smallest absolute Gasteiger partial charge is 0.146 e. The van der Waals surface area contributed by atoms with Gasteiger partial charge in [-0.05, 0) is 32.4 Å². The first-order valence-corrected chi connectivity index (χ1v) is 6.73. The molecule has 0 saturated carbocycles. The number of hydrogen-bond donors (Lipinski definition) is 1. The zero-order valence-electron chi connectivity index (χ0n) is 11.6. The highest BCUT2D eigenvalue weighted by Gasteiger charge is 2.13. The Kier molecular flexibility index (Phi) is 4.28. The van der Waals surface area contributed by atoms with Gasteiger partial charge in [0.05, 0.1) is 28.6 Å². The molecular weight excluding hydrogens is 284 g/mol. The molecule has 0 aliphatic rings. The fourth-order valence-electron chi connectivity index (χ4n) is 2.00. The summed E-state index contributed by atoms with van der Waals surface area (Å²) in [6, 6.07) is 2.32. The van der Waals surface area contributed by atoms with Crippen molar-refractivity contribution in [2.24, 2.45) is 0 Å². The predicted octanol–water partition coefficient (Wildman–Crippen LogP) is 4.06. The van der Waals surface area contributed by atoms with Crippen molar-refractivity contribution in [3.8, 4) is 0 Å². The van der Waals surface area contributed by atoms with Gasteiger partial charge < -0.3 is 5.32 Å². The average Bonchev–Trinajstić information content (AvgIpc) is 2.68. The zero-order chi connectivity index (χ0) is 14.9. The van der Waals surface area contributed by atoms with Crippen LogP contribution in [0.5, 0.6) is 0 Å². The van der Waals surface area contributed by atoms with Crippen molar-refractivity contribution < 1.29 is 8.78 Å². The van der Waals surface area contributed by atoms with E-state index >= 15 is 0 Å². The van der Waals surface area contributed by atoms with E-state index in [2.05, 4.69) is 10.4 Å². The Morgan fingerprint density at radius 2 is 1.95 bits per heavy atom. The minimum Gasteiger partial charge on any atom is -0.377 e. The SMILES string of the molecule is CCn1nc(C)c(Cl)c1CNc1cc(F)c(C)cc1F. The van der Waals surface area contributed by atoms with E-state index in [0.29, 0.717) is 11.6 Å². The number of nitrogens with zero attached hydrogens (tertiary/aromatic N) is 2. The monoisotopic (exact) mass is 299 g/mol. The van der Waals surface area contributed by atoms with Crippen LogP contribution >= 0.6 is 11.6 Å². The van der Waals surface area contributed by atoms with Gasteiger partial charge >= 0.3 is 0 Å². The van der Waals surface area contributed by atoms with Crippen LogP contribution in [0.4, 0.5) is 14.5 Å². The van der Waals surface area contributed by atoms with Crippen LogP contribution < -0.4 is 5.32 Å². The first kappa shape index (κ1) is 14.8. The topological polar surface area (TPSA) is 29.9 Å². The third kappa shape index (κ3) is 2.77. The van der Waals surface area contributed by atoms with Gasteiger partial charge in [-0.15, -0.1) is 0 Å². The number of hydrogen-bond acceptors (Lipinski definition) is 2. The summed E-state index contributed by atoms with van der Waals surface area (Å²) < 4.78 is 28.9. The molecule has 6 heteroatoms. The molecule has 0 bridgehead atoms. The van der Waals surface area contributed by atoms with E-state index in [9.17, 15) is 8.78 Å². The minimum absolute atomic E-state index is 0.116. The first-order chi connectivity index (χ1) is 9.43. The second kappa shape index (κ2) is 5.79. The Labute approximate surface area is 121 Å². The van der Waals surface area contributed by atoms with Crippen LogP contribution in [0.1, 0.15) is 23.9 Å². The maximum absolute atomic E-state index is 13.7. The van der Waals surface area contributed by atoms with Gasteiger partial charge in [0.1, 0.15) is 11.6 Å². The lowest BCUT2D eigenvalue weighted by Gasteiger charge is -2.10. The molecule has 0 saturated heterocycles. The molecule has 0 fully saturated rings. The summed E-state index contributed by atoms with van der Waals surface area (Å²) in [5, 5.41) is 7.69. The lowest BCUT2D eigenvalue weighted by Crippen LogP contribution is -2.09. The van der Waals surface area contributed by atoms with Crippen molar-refractivity contribution in [1.29, 1.82) is 0 Å². The molecule has 0 radical (unpaired) electrons. The second-order valence-electron chi connectivity index (χ2n) is 4.60. The van der Waals surface area contributed by atoms with E-state index in [1.165, 1.54) is 13.0 Å². The molecule has 20 heavy (non-hydrogen) atoms. The number of aryl methyl sites for hydroxylation is 3. The molecule has 108 valence electrons. The lowest BCUT2D eigenvalue weighted by molar-refractivity contribution is 0.592. The molecule has 0 amide bonds. The maximum atomic E-state index is 13.7. The number of nitrogens with one attached hydrogen (secondary N) is 1. The molecule has 0 unspecified atom stereocenters. The lowest BCUT2D eigenvalue weighted by atomic mass is 10.2. The number of aromatic nitrogens is 2. The summed E-state index contributed by atoms with van der Waals surface area (Å²) in [7, 11) is 0. The maximum Gasteiger partial charge on any atom is 0.146 e. The van der Waals surface area contributed by atoms with Crippen molar-refractivity contribution in [3.05, 3.63) is 45.7 Å². The normalized spacial score (nSPS) is 10.9. The van der Waals surface area contributed by atoms with Crippen LogP contribution in [0.3, 0.4) is 0 Å². The number of halogens is 3. The third-order valence-electron chi connectivity index (χ3n) is 3.15. The van der Waals surface area contributed by atoms with Crippen LogP contribution in [-0.4, -0.2) is 9.78 Å². The van der Waals surface area contributed by atoms with Crippen molar-refractivity contribution in [1.82, 2.24) is 9.78 Å². The quantitative estimate of drug-likeness (QED) is 0.922. The molecule has 0 spiro atoms. The predicted molar refractivity (Wildman–Crippen MR) is 76.1 cm³/mol. The van der Waals surface area contributed by atoms with Gasteiger partial charge in [0.15, 0.2) is 0 Å². The van der Waals surface area contributed by atoms with E-state index in [-0.39, 0.29) is 17.8 Å². The van der Waals surface area contributed by atoms with Gasteiger partial charge in [0.25, 0.3) is 0 Å². The molecule has 0 atom stereocenters. The van der Waals surface area contributed by atoms with Gasteiger partial charge in [-0.2, -0.15) is 5.10 Å². The van der Waals surface area contributed by atoms with E-state index in [0.717, 1.165) is 17.5 Å². The molecular formula is C14H16ClF2N3. The van der Waals surface area contributed by atoms with Crippen LogP contribution in [0, 0.1) is 25.5 Å². The van der Waals surface area contributed by atoms with E-state index in [4.69, 9.17) is 11.6 Å². The van der Waals surface area contributed by atoms with Gasteiger partial charge in [0.2, 0.25) is 0 Å². The number of benzene rings is 1. The highest BCUT2D eigenvalue weighted by atomic mass is 35.5. The summed E-state index contributed by atoms with van der Waals surface area (Å²) in [5.41, 5.74) is 1.87. The van der Waals surface area contributed by atoms with Gasteiger partial charge in [-0.25, -0.2) is 8.78 Å². The Bertz CT molecular complexity index is 638. The van der Waals surface area contributed by atoms with Crippen LogP contribution in [0.25, 0.3) is 0 Å². The number of anilines is 1. The molecule has 2 rings (SSSR count). The molecule has 1 aromatic carbocycles. The van der Waals surface area contributed by atoms with Crippen LogP contribution in [0.2, 0.25) is 5.02 Å². The Morgan fingerprint density at radius 1 is 1.25 bits per heavy atom. The van der Waals surface area contributed by atoms with Crippen molar-refractivity contribution >= 4 is 17.3 Å². The fraction of sp³-hybridized carbons (Fsp3) is 0.357. The number of rotatable bonds is 4. The van der Waals surface area contributed by atoms with Gasteiger partial charge in [-0.1, -0.05) is 11.6 Å².